The molecule has 0 radical (unpaired) electrons. The van der Waals surface area contributed by atoms with Crippen LogP contribution in [0.4, 0.5) is 0 Å². The minimum absolute atomic E-state index is 0.0331. The van der Waals surface area contributed by atoms with Crippen molar-refractivity contribution in [1.29, 1.82) is 0 Å². The van der Waals surface area contributed by atoms with Crippen molar-refractivity contribution >= 4 is 11.8 Å². The second kappa shape index (κ2) is 9.57. The summed E-state index contributed by atoms with van der Waals surface area (Å²) in [5.74, 6) is 0.112. The lowest BCUT2D eigenvalue weighted by molar-refractivity contribution is -0.120. The number of aromatic nitrogens is 1. The number of amides is 2. The number of nitrogens with one attached hydrogen (secondary N) is 1. The van der Waals surface area contributed by atoms with Crippen LogP contribution in [0.15, 0.2) is 65.3 Å². The van der Waals surface area contributed by atoms with Crippen molar-refractivity contribution in [2.75, 3.05) is 13.2 Å². The normalized spacial score (nSPS) is 15.8. The molecule has 1 aromatic heterocycles. The van der Waals surface area contributed by atoms with E-state index in [1.165, 1.54) is 6.26 Å². The van der Waals surface area contributed by atoms with Crippen LogP contribution >= 0.6 is 0 Å². The maximum absolute atomic E-state index is 12.6. The number of oxazole rings is 1. The van der Waals surface area contributed by atoms with E-state index in [9.17, 15) is 14.7 Å². The molecule has 1 fully saturated rings. The van der Waals surface area contributed by atoms with E-state index in [2.05, 4.69) is 10.3 Å². The first-order chi connectivity index (χ1) is 15.1. The molecule has 7 nitrogen and oxygen atoms in total. The van der Waals surface area contributed by atoms with Crippen LogP contribution in [0.2, 0.25) is 0 Å². The Morgan fingerprint density at radius 3 is 2.61 bits per heavy atom. The molecule has 1 aliphatic heterocycles. The number of hydrogen-bond acceptors (Lipinski definition) is 5. The number of carbonyl (C=O) groups is 2. The van der Waals surface area contributed by atoms with Crippen molar-refractivity contribution in [3.05, 3.63) is 77.7 Å². The molecule has 160 valence electrons. The molecule has 1 unspecified atom stereocenters. The van der Waals surface area contributed by atoms with Gasteiger partial charge in [-0.05, 0) is 36.1 Å². The molecular formula is C24H25N3O4. The summed E-state index contributed by atoms with van der Waals surface area (Å²) in [6, 6.07) is 17.0. The van der Waals surface area contributed by atoms with Crippen LogP contribution < -0.4 is 5.32 Å². The molecule has 0 aliphatic carbocycles. The molecule has 7 heteroatoms. The van der Waals surface area contributed by atoms with Gasteiger partial charge in [0.2, 0.25) is 11.8 Å². The van der Waals surface area contributed by atoms with E-state index in [0.29, 0.717) is 25.4 Å². The molecule has 4 rings (SSSR count). The van der Waals surface area contributed by atoms with Gasteiger partial charge in [-0.3, -0.25) is 9.59 Å². The molecule has 2 heterocycles. The highest BCUT2D eigenvalue weighted by atomic mass is 16.3. The standard InChI is InChI=1S/C24H25N3O4/c28-15-20-7-4-12-27(20)24(30)21-16-31-23(26-21)19-10-8-18(9-11-19)14-25-22(29)13-17-5-2-1-3-6-17/h1-3,5-6,8-11,16,20,28H,4,7,12-15H2,(H,25,29). The monoisotopic (exact) mass is 419 g/mol. The van der Waals surface area contributed by atoms with Crippen LogP contribution in [0, 0.1) is 0 Å². The van der Waals surface area contributed by atoms with Crippen molar-refractivity contribution in [2.45, 2.75) is 31.8 Å². The predicted octanol–water partition coefficient (Wildman–Crippen LogP) is 2.80. The number of rotatable bonds is 7. The molecule has 0 spiro atoms. The molecule has 1 aliphatic rings. The number of nitrogens with zero attached hydrogens (tertiary/aromatic N) is 2. The first-order valence-corrected chi connectivity index (χ1v) is 10.4. The first-order valence-electron chi connectivity index (χ1n) is 10.4. The fourth-order valence-electron chi connectivity index (χ4n) is 3.75. The van der Waals surface area contributed by atoms with Gasteiger partial charge >= 0.3 is 0 Å². The molecule has 1 atom stereocenters. The maximum atomic E-state index is 12.6. The van der Waals surface area contributed by atoms with Crippen LogP contribution in [0.25, 0.3) is 11.5 Å². The van der Waals surface area contributed by atoms with Crippen molar-refractivity contribution in [3.63, 3.8) is 0 Å². The van der Waals surface area contributed by atoms with Crippen LogP contribution in [-0.4, -0.2) is 46.0 Å². The van der Waals surface area contributed by atoms with Gasteiger partial charge in [0, 0.05) is 18.7 Å². The van der Waals surface area contributed by atoms with Crippen LogP contribution in [0.5, 0.6) is 0 Å². The Hall–Kier alpha value is -3.45. The van der Waals surface area contributed by atoms with Crippen molar-refractivity contribution in [3.8, 4) is 11.5 Å². The summed E-state index contributed by atoms with van der Waals surface area (Å²) in [6.45, 7) is 1.01. The lowest BCUT2D eigenvalue weighted by atomic mass is 10.1. The summed E-state index contributed by atoms with van der Waals surface area (Å²) in [6.07, 6.45) is 3.39. The first kappa shape index (κ1) is 20.8. The Morgan fingerprint density at radius 1 is 1.10 bits per heavy atom. The molecule has 2 N–H and O–H groups in total. The molecule has 0 saturated carbocycles. The van der Waals surface area contributed by atoms with Crippen LogP contribution in [0.3, 0.4) is 0 Å². The second-order valence-electron chi connectivity index (χ2n) is 7.65. The van der Waals surface area contributed by atoms with E-state index in [0.717, 1.165) is 29.5 Å². The maximum Gasteiger partial charge on any atom is 0.276 e. The quantitative estimate of drug-likeness (QED) is 0.614. The van der Waals surface area contributed by atoms with Crippen molar-refractivity contribution in [2.24, 2.45) is 0 Å². The van der Waals surface area contributed by atoms with E-state index in [1.54, 1.807) is 4.90 Å². The molecular weight excluding hydrogens is 394 g/mol. The van der Waals surface area contributed by atoms with Gasteiger partial charge in [-0.1, -0.05) is 42.5 Å². The van der Waals surface area contributed by atoms with Gasteiger partial charge in [0.05, 0.1) is 19.1 Å². The van der Waals surface area contributed by atoms with Crippen LogP contribution in [-0.2, 0) is 17.8 Å². The average molecular weight is 419 g/mol. The van der Waals surface area contributed by atoms with Gasteiger partial charge < -0.3 is 19.7 Å². The Balaban J connectivity index is 1.34. The number of aliphatic hydroxyl groups is 1. The number of carbonyl (C=O) groups excluding carboxylic acids is 2. The molecule has 3 aromatic rings. The summed E-state index contributed by atoms with van der Waals surface area (Å²) in [5.41, 5.74) is 2.92. The zero-order valence-corrected chi connectivity index (χ0v) is 17.2. The third kappa shape index (κ3) is 5.00. The smallest absolute Gasteiger partial charge is 0.276 e. The summed E-state index contributed by atoms with van der Waals surface area (Å²) >= 11 is 0. The summed E-state index contributed by atoms with van der Waals surface area (Å²) in [4.78, 5) is 30.7. The largest absolute Gasteiger partial charge is 0.444 e. The Morgan fingerprint density at radius 2 is 1.87 bits per heavy atom. The number of benzene rings is 2. The minimum atomic E-state index is -0.218. The van der Waals surface area contributed by atoms with Gasteiger partial charge in [0.15, 0.2) is 5.69 Å². The van der Waals surface area contributed by atoms with E-state index >= 15 is 0 Å². The molecule has 0 bridgehead atoms. The highest BCUT2D eigenvalue weighted by Crippen LogP contribution is 2.23. The lowest BCUT2D eigenvalue weighted by Crippen LogP contribution is -2.37. The predicted molar refractivity (Wildman–Crippen MR) is 115 cm³/mol. The third-order valence-corrected chi connectivity index (χ3v) is 5.47. The van der Waals surface area contributed by atoms with Gasteiger partial charge in [-0.15, -0.1) is 0 Å². The zero-order chi connectivity index (χ0) is 21.6. The Labute approximate surface area is 180 Å². The number of aliphatic hydroxyl groups excluding tert-OH is 1. The van der Waals surface area contributed by atoms with Crippen LogP contribution in [0.1, 0.15) is 34.5 Å². The highest BCUT2D eigenvalue weighted by Gasteiger charge is 2.30. The summed E-state index contributed by atoms with van der Waals surface area (Å²) in [7, 11) is 0. The van der Waals surface area contributed by atoms with E-state index in [4.69, 9.17) is 4.42 Å². The number of hydrogen-bond donors (Lipinski definition) is 2. The van der Waals surface area contributed by atoms with E-state index in [-0.39, 0.29) is 30.2 Å². The van der Waals surface area contributed by atoms with Gasteiger partial charge in [0.25, 0.3) is 5.91 Å². The SMILES string of the molecule is O=C(Cc1ccccc1)NCc1ccc(-c2nc(C(=O)N3CCCC3CO)co2)cc1. The van der Waals surface area contributed by atoms with E-state index < -0.39 is 0 Å². The highest BCUT2D eigenvalue weighted by molar-refractivity contribution is 5.92. The topological polar surface area (TPSA) is 95.7 Å². The fraction of sp³-hybridized carbons (Fsp3) is 0.292. The second-order valence-corrected chi connectivity index (χ2v) is 7.65. The van der Waals surface area contributed by atoms with E-state index in [1.807, 2.05) is 54.6 Å². The number of likely N-dealkylation sites (tertiary alicyclic amines) is 1. The average Bonchev–Trinajstić information content (AvgIpc) is 3.48. The molecule has 31 heavy (non-hydrogen) atoms. The lowest BCUT2D eigenvalue weighted by Gasteiger charge is -2.21. The van der Waals surface area contributed by atoms with Gasteiger partial charge in [-0.25, -0.2) is 4.98 Å². The fourth-order valence-corrected chi connectivity index (χ4v) is 3.75. The third-order valence-electron chi connectivity index (χ3n) is 5.47. The zero-order valence-electron chi connectivity index (χ0n) is 17.2. The molecule has 2 amide bonds. The van der Waals surface area contributed by atoms with Crippen molar-refractivity contribution < 1.29 is 19.1 Å². The van der Waals surface area contributed by atoms with Gasteiger partial charge in [-0.2, -0.15) is 0 Å². The Kier molecular flexibility index (Phi) is 6.43. The summed E-state index contributed by atoms with van der Waals surface area (Å²) < 4.78 is 5.51. The molecule has 2 aromatic carbocycles. The minimum Gasteiger partial charge on any atom is -0.444 e. The van der Waals surface area contributed by atoms with Crippen molar-refractivity contribution in [1.82, 2.24) is 15.2 Å². The summed E-state index contributed by atoms with van der Waals surface area (Å²) in [5, 5.41) is 12.3. The molecule has 1 saturated heterocycles. The van der Waals surface area contributed by atoms with Gasteiger partial charge in [0.1, 0.15) is 6.26 Å². The Bertz CT molecular complexity index is 1030.